The lowest BCUT2D eigenvalue weighted by Gasteiger charge is -2.11. The van der Waals surface area contributed by atoms with E-state index in [1.165, 1.54) is 18.2 Å². The van der Waals surface area contributed by atoms with Crippen LogP contribution in [0.5, 0.6) is 5.75 Å². The van der Waals surface area contributed by atoms with Gasteiger partial charge in [0, 0.05) is 25.3 Å². The third kappa shape index (κ3) is 4.92. The molecule has 0 heterocycles. The highest BCUT2D eigenvalue weighted by atomic mass is 19.3. The van der Waals surface area contributed by atoms with Gasteiger partial charge in [0.2, 0.25) is 0 Å². The Morgan fingerprint density at radius 2 is 1.65 bits per heavy atom. The molecule has 0 unspecified atom stereocenters. The van der Waals surface area contributed by atoms with Crippen LogP contribution in [0.4, 0.5) is 14.5 Å². The average Bonchev–Trinajstić information content (AvgIpc) is 2.53. The molecular weight excluding hydrogens is 300 g/mol. The number of carbonyl (C=O) groups is 1. The number of nitrogens with zero attached hydrogens (tertiary/aromatic N) is 1. The van der Waals surface area contributed by atoms with Crippen molar-refractivity contribution in [2.75, 3.05) is 19.0 Å². The lowest BCUT2D eigenvalue weighted by molar-refractivity contribution is -0.0498. The molecule has 0 atom stereocenters. The second-order valence-corrected chi connectivity index (χ2v) is 5.09. The number of rotatable bonds is 6. The number of hydrogen-bond donors (Lipinski definition) is 0. The zero-order valence-corrected chi connectivity index (χ0v) is 12.9. The SMILES string of the molecule is CN(C)c1ccc(C(=O)C=Cc2ccc(OC(F)F)cc2)cc1. The Morgan fingerprint density at radius 1 is 1.04 bits per heavy atom. The summed E-state index contributed by atoms with van der Waals surface area (Å²) in [7, 11) is 3.86. The molecule has 2 rings (SSSR count). The van der Waals surface area contributed by atoms with Crippen molar-refractivity contribution in [2.45, 2.75) is 6.61 Å². The molecule has 5 heteroatoms. The van der Waals surface area contributed by atoms with Gasteiger partial charge in [0.25, 0.3) is 0 Å². The maximum Gasteiger partial charge on any atom is 0.387 e. The van der Waals surface area contributed by atoms with Gasteiger partial charge in [-0.3, -0.25) is 4.79 Å². The predicted molar refractivity (Wildman–Crippen MR) is 87.2 cm³/mol. The maximum atomic E-state index is 12.1. The molecule has 0 amide bonds. The van der Waals surface area contributed by atoms with E-state index >= 15 is 0 Å². The minimum absolute atomic E-state index is 0.0859. The molecule has 0 N–H and O–H groups in total. The largest absolute Gasteiger partial charge is 0.435 e. The summed E-state index contributed by atoms with van der Waals surface area (Å²) in [6, 6.07) is 13.4. The van der Waals surface area contributed by atoms with Gasteiger partial charge < -0.3 is 9.64 Å². The number of halogens is 2. The van der Waals surface area contributed by atoms with E-state index in [0.717, 1.165) is 11.3 Å². The molecule has 0 radical (unpaired) electrons. The zero-order chi connectivity index (χ0) is 16.8. The van der Waals surface area contributed by atoms with Crippen LogP contribution in [0.2, 0.25) is 0 Å². The number of allylic oxidation sites excluding steroid dienone is 1. The smallest absolute Gasteiger partial charge is 0.387 e. The summed E-state index contributed by atoms with van der Waals surface area (Å²) in [5.41, 5.74) is 2.33. The minimum atomic E-state index is -2.84. The van der Waals surface area contributed by atoms with Crippen LogP contribution in [0.15, 0.2) is 54.6 Å². The second kappa shape index (κ2) is 7.54. The minimum Gasteiger partial charge on any atom is -0.435 e. The number of alkyl halides is 2. The standard InChI is InChI=1S/C18H17F2NO2/c1-21(2)15-8-6-14(7-9-15)17(22)12-5-13-3-10-16(11-4-13)23-18(19)20/h3-12,18H,1-2H3. The van der Waals surface area contributed by atoms with Crippen molar-refractivity contribution in [3.63, 3.8) is 0 Å². The first-order valence-corrected chi connectivity index (χ1v) is 7.00. The molecule has 0 bridgehead atoms. The highest BCUT2D eigenvalue weighted by molar-refractivity contribution is 6.06. The van der Waals surface area contributed by atoms with Crippen molar-refractivity contribution in [1.29, 1.82) is 0 Å². The van der Waals surface area contributed by atoms with Crippen molar-refractivity contribution in [2.24, 2.45) is 0 Å². The first-order valence-electron chi connectivity index (χ1n) is 7.00. The first kappa shape index (κ1) is 16.7. The summed E-state index contributed by atoms with van der Waals surface area (Å²) in [5, 5.41) is 0. The molecule has 0 aromatic heterocycles. The molecule has 0 aliphatic rings. The Kier molecular flexibility index (Phi) is 5.46. The lowest BCUT2D eigenvalue weighted by atomic mass is 10.1. The van der Waals surface area contributed by atoms with E-state index in [1.807, 2.05) is 31.1 Å². The van der Waals surface area contributed by atoms with Crippen molar-refractivity contribution in [3.05, 3.63) is 65.7 Å². The lowest BCUT2D eigenvalue weighted by Crippen LogP contribution is -2.08. The van der Waals surface area contributed by atoms with E-state index in [2.05, 4.69) is 4.74 Å². The third-order valence-corrected chi connectivity index (χ3v) is 3.20. The molecule has 0 fully saturated rings. The molecule has 0 aliphatic heterocycles. The normalized spacial score (nSPS) is 11.0. The summed E-state index contributed by atoms with van der Waals surface area (Å²) in [4.78, 5) is 14.0. The van der Waals surface area contributed by atoms with Gasteiger partial charge in [-0.25, -0.2) is 0 Å². The molecule has 3 nitrogen and oxygen atoms in total. The molecule has 0 saturated carbocycles. The summed E-state index contributed by atoms with van der Waals surface area (Å²) >= 11 is 0. The van der Waals surface area contributed by atoms with E-state index in [-0.39, 0.29) is 11.5 Å². The predicted octanol–water partition coefficient (Wildman–Crippen LogP) is 4.25. The number of ketones is 1. The first-order chi connectivity index (χ1) is 11.0. The van der Waals surface area contributed by atoms with Gasteiger partial charge in [-0.1, -0.05) is 18.2 Å². The van der Waals surface area contributed by atoms with Crippen LogP contribution >= 0.6 is 0 Å². The van der Waals surface area contributed by atoms with Crippen LogP contribution < -0.4 is 9.64 Å². The van der Waals surface area contributed by atoms with E-state index in [4.69, 9.17) is 0 Å². The zero-order valence-electron chi connectivity index (χ0n) is 12.9. The van der Waals surface area contributed by atoms with Gasteiger partial charge in [0.15, 0.2) is 5.78 Å². The number of carbonyl (C=O) groups excluding carboxylic acids is 1. The fourth-order valence-electron chi connectivity index (χ4n) is 1.95. The van der Waals surface area contributed by atoms with Gasteiger partial charge in [0.1, 0.15) is 5.75 Å². The third-order valence-electron chi connectivity index (χ3n) is 3.20. The summed E-state index contributed by atoms with van der Waals surface area (Å²) < 4.78 is 28.4. The van der Waals surface area contributed by atoms with Crippen LogP contribution in [0.1, 0.15) is 15.9 Å². The molecular formula is C18H17F2NO2. The average molecular weight is 317 g/mol. The van der Waals surface area contributed by atoms with Gasteiger partial charge in [-0.05, 0) is 48.0 Å². The molecule has 2 aromatic carbocycles. The Morgan fingerprint density at radius 3 is 2.17 bits per heavy atom. The Balaban J connectivity index is 2.02. The summed E-state index contributed by atoms with van der Waals surface area (Å²) in [6.07, 6.45) is 3.09. The topological polar surface area (TPSA) is 29.5 Å². The highest BCUT2D eigenvalue weighted by Crippen LogP contribution is 2.16. The second-order valence-electron chi connectivity index (χ2n) is 5.09. The van der Waals surface area contributed by atoms with E-state index < -0.39 is 6.61 Å². The number of ether oxygens (including phenoxy) is 1. The van der Waals surface area contributed by atoms with Crippen molar-refractivity contribution in [3.8, 4) is 5.75 Å². The quantitative estimate of drug-likeness (QED) is 0.589. The highest BCUT2D eigenvalue weighted by Gasteiger charge is 2.04. The fourth-order valence-corrected chi connectivity index (χ4v) is 1.95. The van der Waals surface area contributed by atoms with Crippen LogP contribution in [-0.4, -0.2) is 26.5 Å². The molecule has 23 heavy (non-hydrogen) atoms. The maximum absolute atomic E-state index is 12.1. The van der Waals surface area contributed by atoms with Gasteiger partial charge in [-0.15, -0.1) is 0 Å². The Hall–Kier alpha value is -2.69. The van der Waals surface area contributed by atoms with Gasteiger partial charge in [0.05, 0.1) is 0 Å². The Bertz CT molecular complexity index is 677. The van der Waals surface area contributed by atoms with Crippen molar-refractivity contribution >= 4 is 17.5 Å². The molecule has 2 aromatic rings. The van der Waals surface area contributed by atoms with Crippen LogP contribution in [0.3, 0.4) is 0 Å². The van der Waals surface area contributed by atoms with Crippen LogP contribution in [0.25, 0.3) is 6.08 Å². The monoisotopic (exact) mass is 317 g/mol. The van der Waals surface area contributed by atoms with Crippen molar-refractivity contribution in [1.82, 2.24) is 0 Å². The molecule has 120 valence electrons. The summed E-state index contributed by atoms with van der Waals surface area (Å²) in [6.45, 7) is -2.84. The van der Waals surface area contributed by atoms with E-state index in [1.54, 1.807) is 30.3 Å². The van der Waals surface area contributed by atoms with Gasteiger partial charge in [-0.2, -0.15) is 8.78 Å². The molecule has 0 spiro atoms. The summed E-state index contributed by atoms with van der Waals surface area (Å²) in [5.74, 6) is -0.0361. The van der Waals surface area contributed by atoms with Crippen molar-refractivity contribution < 1.29 is 18.3 Å². The van der Waals surface area contributed by atoms with E-state index in [9.17, 15) is 13.6 Å². The molecule has 0 saturated heterocycles. The number of hydrogen-bond acceptors (Lipinski definition) is 3. The van der Waals surface area contributed by atoms with E-state index in [0.29, 0.717) is 5.56 Å². The molecule has 0 aliphatic carbocycles. The van der Waals surface area contributed by atoms with Gasteiger partial charge >= 0.3 is 6.61 Å². The Labute approximate surface area is 133 Å². The number of benzene rings is 2. The fraction of sp³-hybridized carbons (Fsp3) is 0.167. The van der Waals surface area contributed by atoms with Crippen LogP contribution in [0, 0.1) is 0 Å². The van der Waals surface area contributed by atoms with Crippen LogP contribution in [-0.2, 0) is 0 Å². The number of anilines is 1.